The van der Waals surface area contributed by atoms with Crippen LogP contribution in [0.1, 0.15) is 26.5 Å². The quantitative estimate of drug-likeness (QED) is 0.140. The molecule has 0 aromatic carbocycles. The van der Waals surface area contributed by atoms with E-state index in [0.717, 1.165) is 6.54 Å². The summed E-state index contributed by atoms with van der Waals surface area (Å²) in [5, 5.41) is 16.7. The van der Waals surface area contributed by atoms with E-state index in [9.17, 15) is 19.2 Å². The van der Waals surface area contributed by atoms with Gasteiger partial charge >= 0.3 is 11.9 Å². The largest absolute Gasteiger partial charge is 0.427 e. The van der Waals surface area contributed by atoms with Crippen LogP contribution in [0.5, 0.6) is 0 Å². The molecule has 1 fully saturated rings. The van der Waals surface area contributed by atoms with Crippen LogP contribution in [0.15, 0.2) is 21.8 Å². The fourth-order valence-electron chi connectivity index (χ4n) is 3.88. The van der Waals surface area contributed by atoms with E-state index in [1.807, 2.05) is 19.0 Å². The molecule has 228 valence electrons. The Hall–Kier alpha value is -3.22. The van der Waals surface area contributed by atoms with Gasteiger partial charge in [-0.2, -0.15) is 0 Å². The molecule has 0 radical (unpaired) electrons. The zero-order valence-corrected chi connectivity index (χ0v) is 26.3. The minimum atomic E-state index is -0.826. The van der Waals surface area contributed by atoms with Crippen molar-refractivity contribution in [3.63, 3.8) is 0 Å². The number of carbonyl (C=O) groups is 4. The molecule has 42 heavy (non-hydrogen) atoms. The summed E-state index contributed by atoms with van der Waals surface area (Å²) in [4.78, 5) is 58.8. The molecule has 2 amide bonds. The summed E-state index contributed by atoms with van der Waals surface area (Å²) in [6, 6.07) is -0.826. The van der Waals surface area contributed by atoms with Gasteiger partial charge in [-0.3, -0.25) is 19.3 Å². The number of esters is 2. The Labute approximate surface area is 254 Å². The standard InChI is InChI=1S/C24H33N9O6S3/c1-24(2,3)21(37)39-12-38-20(36)17-13(10-42-23-28-29-30-32(23)7-6-31(4)5)9-40-19-16(18(35)33(17)19)27-15(34)8-14-11-41-22(25)26-14/h11,16,19H,6-10,12H2,1-5H3,(H2,25,26)(H,27,34). The van der Waals surface area contributed by atoms with Crippen LogP contribution < -0.4 is 11.1 Å². The highest BCUT2D eigenvalue weighted by molar-refractivity contribution is 8.01. The Morgan fingerprint density at radius 1 is 1.26 bits per heavy atom. The third-order valence-corrected chi connectivity index (χ3v) is 9.20. The molecule has 2 aromatic rings. The van der Waals surface area contributed by atoms with Crippen molar-refractivity contribution in [3.8, 4) is 0 Å². The molecule has 15 nitrogen and oxygen atoms in total. The predicted molar refractivity (Wildman–Crippen MR) is 156 cm³/mol. The van der Waals surface area contributed by atoms with Crippen molar-refractivity contribution < 1.29 is 28.7 Å². The number of nitrogens with one attached hydrogen (secondary N) is 1. The molecule has 0 bridgehead atoms. The van der Waals surface area contributed by atoms with Gasteiger partial charge in [0.2, 0.25) is 17.9 Å². The van der Waals surface area contributed by atoms with Crippen molar-refractivity contribution in [3.05, 3.63) is 22.3 Å². The second kappa shape index (κ2) is 13.4. The van der Waals surface area contributed by atoms with Crippen LogP contribution in [0, 0.1) is 5.41 Å². The number of fused-ring (bicyclic) bond motifs is 1. The summed E-state index contributed by atoms with van der Waals surface area (Å²) in [6.45, 7) is 5.75. The smallest absolute Gasteiger partial charge is 0.357 e. The van der Waals surface area contributed by atoms with Crippen LogP contribution in [0.4, 0.5) is 5.13 Å². The normalized spacial score (nSPS) is 18.5. The van der Waals surface area contributed by atoms with Crippen molar-refractivity contribution in [1.82, 2.24) is 40.3 Å². The second-order valence-corrected chi connectivity index (χ2v) is 13.7. The summed E-state index contributed by atoms with van der Waals surface area (Å²) >= 11 is 3.98. The first-order valence-electron chi connectivity index (χ1n) is 12.9. The minimum absolute atomic E-state index is 0.0246. The Kier molecular flexibility index (Phi) is 10.1. The molecule has 3 N–H and O–H groups in total. The van der Waals surface area contributed by atoms with E-state index in [0.29, 0.717) is 39.6 Å². The molecule has 4 heterocycles. The molecule has 4 rings (SSSR count). The van der Waals surface area contributed by atoms with E-state index in [4.69, 9.17) is 15.2 Å². The molecule has 18 heteroatoms. The molecule has 2 unspecified atom stereocenters. The predicted octanol–water partition coefficient (Wildman–Crippen LogP) is 0.352. The number of rotatable bonds is 12. The topological polar surface area (TPSA) is 188 Å². The van der Waals surface area contributed by atoms with Crippen molar-refractivity contribution in [1.29, 1.82) is 0 Å². The lowest BCUT2D eigenvalue weighted by atomic mass is 9.98. The van der Waals surface area contributed by atoms with Gasteiger partial charge in [0.15, 0.2) is 5.13 Å². The van der Waals surface area contributed by atoms with E-state index in [2.05, 4.69) is 25.8 Å². The maximum absolute atomic E-state index is 13.3. The number of aromatic nitrogens is 5. The van der Waals surface area contributed by atoms with Crippen molar-refractivity contribution in [2.45, 2.75) is 50.3 Å². The van der Waals surface area contributed by atoms with Crippen molar-refractivity contribution in [2.24, 2.45) is 5.41 Å². The SMILES string of the molecule is CN(C)CCn1nnnc1SCC1=C(C(=O)OCOC(=O)C(C)(C)C)N2C(=O)C(NC(=O)Cc3csc(N)n3)C2SC1. The van der Waals surface area contributed by atoms with Gasteiger partial charge in [-0.15, -0.1) is 28.2 Å². The number of likely N-dealkylation sites (N-methyl/N-ethyl adjacent to an activating group) is 1. The van der Waals surface area contributed by atoms with Gasteiger partial charge < -0.3 is 25.4 Å². The molecule has 2 aliphatic heterocycles. The summed E-state index contributed by atoms with van der Waals surface area (Å²) in [7, 11) is 3.89. The lowest BCUT2D eigenvalue weighted by Crippen LogP contribution is -2.70. The Morgan fingerprint density at radius 2 is 2.02 bits per heavy atom. The molecule has 2 atom stereocenters. The first-order chi connectivity index (χ1) is 19.8. The maximum atomic E-state index is 13.3. The fourth-order valence-corrected chi connectivity index (χ4v) is 6.83. The van der Waals surface area contributed by atoms with E-state index in [1.165, 1.54) is 39.8 Å². The number of carbonyl (C=O) groups excluding carboxylic acids is 4. The number of nitrogens with two attached hydrogens (primary N) is 1. The van der Waals surface area contributed by atoms with Crippen LogP contribution in [-0.2, 0) is 41.6 Å². The van der Waals surface area contributed by atoms with Crippen LogP contribution in [-0.4, -0.2) is 109 Å². The van der Waals surface area contributed by atoms with Crippen molar-refractivity contribution >= 4 is 63.7 Å². The van der Waals surface area contributed by atoms with Crippen LogP contribution in [0.25, 0.3) is 0 Å². The molecular weight excluding hydrogens is 607 g/mol. The summed E-state index contributed by atoms with van der Waals surface area (Å²) < 4.78 is 12.1. The zero-order valence-electron chi connectivity index (χ0n) is 23.9. The number of nitrogens with zero attached hydrogens (tertiary/aromatic N) is 7. The summed E-state index contributed by atoms with van der Waals surface area (Å²) in [6.07, 6.45) is -0.0246. The van der Waals surface area contributed by atoms with Gasteiger partial charge in [-0.25, -0.2) is 14.5 Å². The summed E-state index contributed by atoms with van der Waals surface area (Å²) in [5.41, 5.74) is 6.07. The van der Waals surface area contributed by atoms with E-state index < -0.39 is 41.5 Å². The average Bonchev–Trinajstić information content (AvgIpc) is 3.55. The highest BCUT2D eigenvalue weighted by atomic mass is 32.2. The number of amides is 2. The highest BCUT2D eigenvalue weighted by Gasteiger charge is 2.54. The van der Waals surface area contributed by atoms with Gasteiger partial charge in [0.1, 0.15) is 17.1 Å². The number of β-lactam (4-membered cyclic amide) rings is 1. The lowest BCUT2D eigenvalue weighted by molar-refractivity contribution is -0.173. The van der Waals surface area contributed by atoms with E-state index in [-0.39, 0.29) is 18.0 Å². The number of ether oxygens (including phenoxy) is 2. The van der Waals surface area contributed by atoms with Crippen LogP contribution >= 0.6 is 34.9 Å². The Balaban J connectivity index is 1.48. The fraction of sp³-hybridized carbons (Fsp3) is 0.583. The van der Waals surface area contributed by atoms with Crippen LogP contribution in [0.2, 0.25) is 0 Å². The van der Waals surface area contributed by atoms with Crippen molar-refractivity contribution in [2.75, 3.05) is 44.7 Å². The van der Waals surface area contributed by atoms with Gasteiger partial charge in [0.05, 0.1) is 24.1 Å². The molecule has 2 aromatic heterocycles. The van der Waals surface area contributed by atoms with Gasteiger partial charge in [-0.05, 0) is 50.9 Å². The number of hydrogen-bond acceptors (Lipinski definition) is 15. The first-order valence-corrected chi connectivity index (χ1v) is 15.8. The molecule has 2 aliphatic rings. The number of thioether (sulfide) groups is 2. The molecule has 1 saturated heterocycles. The lowest BCUT2D eigenvalue weighted by Gasteiger charge is -2.49. The molecule has 0 saturated carbocycles. The number of nitrogen functional groups attached to an aromatic ring is 1. The first kappa shape index (κ1) is 31.7. The minimum Gasteiger partial charge on any atom is -0.427 e. The third kappa shape index (κ3) is 7.59. The number of tetrazole rings is 1. The maximum Gasteiger partial charge on any atom is 0.357 e. The third-order valence-electron chi connectivity index (χ3n) is 6.09. The molecular formula is C24H33N9O6S3. The molecule has 0 aliphatic carbocycles. The number of hydrogen-bond donors (Lipinski definition) is 2. The Morgan fingerprint density at radius 3 is 2.69 bits per heavy atom. The van der Waals surface area contributed by atoms with Gasteiger partial charge in [0, 0.05) is 23.4 Å². The Bertz CT molecular complexity index is 1370. The van der Waals surface area contributed by atoms with Gasteiger partial charge in [-0.1, -0.05) is 11.8 Å². The van der Waals surface area contributed by atoms with E-state index in [1.54, 1.807) is 30.8 Å². The zero-order chi connectivity index (χ0) is 30.6. The highest BCUT2D eigenvalue weighted by Crippen LogP contribution is 2.42. The van der Waals surface area contributed by atoms with E-state index >= 15 is 0 Å². The van der Waals surface area contributed by atoms with Gasteiger partial charge in [0.25, 0.3) is 5.91 Å². The second-order valence-electron chi connectivity index (χ2n) is 10.8. The number of thiazole rings is 1. The summed E-state index contributed by atoms with van der Waals surface area (Å²) in [5.74, 6) is -1.48. The molecule has 0 spiro atoms. The average molecular weight is 640 g/mol. The monoisotopic (exact) mass is 639 g/mol. The number of anilines is 1. The van der Waals surface area contributed by atoms with Crippen LogP contribution in [0.3, 0.4) is 0 Å².